The highest BCUT2D eigenvalue weighted by molar-refractivity contribution is 7.17. The van der Waals surface area contributed by atoms with E-state index in [1.54, 1.807) is 11.4 Å². The van der Waals surface area contributed by atoms with Gasteiger partial charge in [0.25, 0.3) is 5.56 Å². The molecule has 0 unspecified atom stereocenters. The SMILES string of the molecule is Cc1cccc(N2CCN(C(=O)CCCn3c(=O)[nH]c4ccsc4c3=O)C[C@H]2C)c1. The molecule has 8 heteroatoms. The fraction of sp³-hybridized carbons (Fsp3) is 0.409. The molecule has 0 aliphatic carbocycles. The zero-order valence-corrected chi connectivity index (χ0v) is 18.1. The molecule has 1 saturated heterocycles. The summed E-state index contributed by atoms with van der Waals surface area (Å²) in [5.74, 6) is 0.0763. The lowest BCUT2D eigenvalue weighted by atomic mass is 10.1. The van der Waals surface area contributed by atoms with Crippen molar-refractivity contribution in [2.45, 2.75) is 39.3 Å². The van der Waals surface area contributed by atoms with Gasteiger partial charge in [-0.15, -0.1) is 11.3 Å². The fourth-order valence-electron chi connectivity index (χ4n) is 4.09. The average Bonchev–Trinajstić information content (AvgIpc) is 3.18. The van der Waals surface area contributed by atoms with Crippen LogP contribution in [0.3, 0.4) is 0 Å². The first-order valence-corrected chi connectivity index (χ1v) is 11.1. The molecule has 3 heterocycles. The van der Waals surface area contributed by atoms with Crippen LogP contribution in [0.25, 0.3) is 10.2 Å². The third-order valence-corrected chi connectivity index (χ3v) is 6.58. The Balaban J connectivity index is 1.34. The van der Waals surface area contributed by atoms with Crippen molar-refractivity contribution in [1.29, 1.82) is 0 Å². The van der Waals surface area contributed by atoms with E-state index in [9.17, 15) is 14.4 Å². The van der Waals surface area contributed by atoms with Crippen molar-refractivity contribution in [2.24, 2.45) is 0 Å². The molecule has 1 fully saturated rings. The lowest BCUT2D eigenvalue weighted by molar-refractivity contribution is -0.132. The molecule has 1 aromatic carbocycles. The second-order valence-electron chi connectivity index (χ2n) is 7.88. The molecule has 2 aromatic heterocycles. The van der Waals surface area contributed by atoms with Crippen molar-refractivity contribution in [1.82, 2.24) is 14.5 Å². The number of rotatable bonds is 5. The van der Waals surface area contributed by atoms with Crippen LogP contribution in [0.2, 0.25) is 0 Å². The molecule has 3 aromatic rings. The van der Waals surface area contributed by atoms with Gasteiger partial charge in [0, 0.05) is 44.3 Å². The quantitative estimate of drug-likeness (QED) is 0.680. The topological polar surface area (TPSA) is 78.4 Å². The highest BCUT2D eigenvalue weighted by Gasteiger charge is 2.26. The molecular formula is C22H26N4O3S. The number of thiophene rings is 1. The molecule has 0 spiro atoms. The summed E-state index contributed by atoms with van der Waals surface area (Å²) in [6.07, 6.45) is 0.788. The van der Waals surface area contributed by atoms with Crippen LogP contribution in [-0.2, 0) is 11.3 Å². The van der Waals surface area contributed by atoms with Crippen LogP contribution >= 0.6 is 11.3 Å². The molecule has 1 atom stereocenters. The number of aryl methyl sites for hydroxylation is 1. The van der Waals surface area contributed by atoms with Gasteiger partial charge in [0.05, 0.1) is 5.52 Å². The third kappa shape index (κ3) is 4.05. The number of H-pyrrole nitrogens is 1. The first-order valence-electron chi connectivity index (χ1n) is 10.3. The van der Waals surface area contributed by atoms with Crippen molar-refractivity contribution in [3.63, 3.8) is 0 Å². The maximum atomic E-state index is 12.7. The summed E-state index contributed by atoms with van der Waals surface area (Å²) in [5.41, 5.74) is 2.29. The summed E-state index contributed by atoms with van der Waals surface area (Å²) in [6.45, 7) is 6.61. The van der Waals surface area contributed by atoms with E-state index in [4.69, 9.17) is 0 Å². The summed E-state index contributed by atoms with van der Waals surface area (Å²) in [6, 6.07) is 10.4. The van der Waals surface area contributed by atoms with Crippen LogP contribution in [0.1, 0.15) is 25.3 Å². The number of nitrogens with one attached hydrogen (secondary N) is 1. The summed E-state index contributed by atoms with van der Waals surface area (Å²) in [5, 5.41) is 1.79. The maximum Gasteiger partial charge on any atom is 0.328 e. The van der Waals surface area contributed by atoms with Crippen LogP contribution in [0, 0.1) is 6.92 Å². The highest BCUT2D eigenvalue weighted by atomic mass is 32.1. The minimum atomic E-state index is -0.418. The maximum absolute atomic E-state index is 12.7. The predicted molar refractivity (Wildman–Crippen MR) is 121 cm³/mol. The number of carbonyl (C=O) groups is 1. The number of anilines is 1. The number of aromatic nitrogens is 2. The summed E-state index contributed by atoms with van der Waals surface area (Å²) >= 11 is 1.32. The normalized spacial score (nSPS) is 16.9. The Morgan fingerprint density at radius 3 is 2.83 bits per heavy atom. The third-order valence-electron chi connectivity index (χ3n) is 5.68. The van der Waals surface area contributed by atoms with Gasteiger partial charge in [0.2, 0.25) is 5.91 Å². The zero-order chi connectivity index (χ0) is 21.3. The van der Waals surface area contributed by atoms with Crippen molar-refractivity contribution < 1.29 is 4.79 Å². The lowest BCUT2D eigenvalue weighted by Gasteiger charge is -2.41. The molecule has 7 nitrogen and oxygen atoms in total. The second-order valence-corrected chi connectivity index (χ2v) is 8.79. The van der Waals surface area contributed by atoms with Gasteiger partial charge in [-0.25, -0.2) is 4.79 Å². The summed E-state index contributed by atoms with van der Waals surface area (Å²) in [7, 11) is 0. The summed E-state index contributed by atoms with van der Waals surface area (Å²) in [4.78, 5) is 44.3. The van der Waals surface area contributed by atoms with E-state index in [-0.39, 0.29) is 24.1 Å². The number of hydrogen-bond donors (Lipinski definition) is 1. The van der Waals surface area contributed by atoms with Crippen LogP contribution in [0.4, 0.5) is 5.69 Å². The lowest BCUT2D eigenvalue weighted by Crippen LogP contribution is -2.53. The monoisotopic (exact) mass is 426 g/mol. The second kappa shape index (κ2) is 8.47. The van der Waals surface area contributed by atoms with Crippen molar-refractivity contribution in [2.75, 3.05) is 24.5 Å². The van der Waals surface area contributed by atoms with E-state index in [1.807, 2.05) is 4.90 Å². The molecule has 0 saturated carbocycles. The molecule has 1 aliphatic heterocycles. The Kier molecular flexibility index (Phi) is 5.76. The number of carbonyl (C=O) groups excluding carboxylic acids is 1. The van der Waals surface area contributed by atoms with Gasteiger partial charge in [-0.1, -0.05) is 12.1 Å². The fourth-order valence-corrected chi connectivity index (χ4v) is 4.89. The molecule has 4 rings (SSSR count). The number of piperazine rings is 1. The van der Waals surface area contributed by atoms with Crippen LogP contribution < -0.4 is 16.1 Å². The van der Waals surface area contributed by atoms with E-state index in [1.165, 1.54) is 27.2 Å². The molecular weight excluding hydrogens is 400 g/mol. The minimum absolute atomic E-state index is 0.0763. The van der Waals surface area contributed by atoms with Crippen molar-refractivity contribution >= 4 is 33.1 Å². The number of fused-ring (bicyclic) bond motifs is 1. The highest BCUT2D eigenvalue weighted by Crippen LogP contribution is 2.22. The van der Waals surface area contributed by atoms with E-state index in [2.05, 4.69) is 48.0 Å². The zero-order valence-electron chi connectivity index (χ0n) is 17.3. The first kappa shape index (κ1) is 20.4. The number of amides is 1. The van der Waals surface area contributed by atoms with Gasteiger partial charge in [0.15, 0.2) is 0 Å². The Morgan fingerprint density at radius 1 is 1.23 bits per heavy atom. The first-order chi connectivity index (χ1) is 14.4. The smallest absolute Gasteiger partial charge is 0.328 e. The molecule has 1 amide bonds. The minimum Gasteiger partial charge on any atom is -0.365 e. The number of nitrogens with zero attached hydrogens (tertiary/aromatic N) is 3. The molecule has 1 N–H and O–H groups in total. The Morgan fingerprint density at radius 2 is 2.07 bits per heavy atom. The molecule has 0 bridgehead atoms. The van der Waals surface area contributed by atoms with Crippen LogP contribution in [0.5, 0.6) is 0 Å². The standard InChI is InChI=1S/C22H26N4O3S/c1-15-5-3-6-17(13-15)25-11-10-24(14-16(25)2)19(27)7-4-9-26-21(28)20-18(8-12-30-20)23-22(26)29/h3,5-6,8,12-13,16H,4,7,9-11,14H2,1-2H3,(H,23,29)/t16-/m1/s1. The van der Waals surface area contributed by atoms with E-state index in [0.29, 0.717) is 36.1 Å². The van der Waals surface area contributed by atoms with Crippen LogP contribution in [-0.4, -0.2) is 46.0 Å². The summed E-state index contributed by atoms with van der Waals surface area (Å²) < 4.78 is 1.74. The van der Waals surface area contributed by atoms with Gasteiger partial charge in [-0.3, -0.25) is 14.2 Å². The molecule has 1 aliphatic rings. The average molecular weight is 427 g/mol. The van der Waals surface area contributed by atoms with Gasteiger partial charge >= 0.3 is 5.69 Å². The molecule has 30 heavy (non-hydrogen) atoms. The Bertz CT molecular complexity index is 1180. The van der Waals surface area contributed by atoms with Gasteiger partial charge in [0.1, 0.15) is 4.70 Å². The van der Waals surface area contributed by atoms with Gasteiger partial charge in [-0.05, 0) is 49.4 Å². The predicted octanol–water partition coefficient (Wildman–Crippen LogP) is 2.58. The number of benzene rings is 1. The molecule has 0 radical (unpaired) electrons. The van der Waals surface area contributed by atoms with E-state index >= 15 is 0 Å². The van der Waals surface area contributed by atoms with Crippen molar-refractivity contribution in [3.8, 4) is 0 Å². The van der Waals surface area contributed by atoms with Gasteiger partial charge < -0.3 is 14.8 Å². The van der Waals surface area contributed by atoms with Crippen molar-refractivity contribution in [3.05, 3.63) is 62.1 Å². The van der Waals surface area contributed by atoms with E-state index < -0.39 is 5.69 Å². The van der Waals surface area contributed by atoms with Crippen LogP contribution in [0.15, 0.2) is 45.3 Å². The van der Waals surface area contributed by atoms with E-state index in [0.717, 1.165) is 6.54 Å². The Labute approximate surface area is 178 Å². The van der Waals surface area contributed by atoms with Gasteiger partial charge in [-0.2, -0.15) is 0 Å². The molecule has 158 valence electrons. The Hall–Kier alpha value is -2.87. The number of hydrogen-bond acceptors (Lipinski definition) is 5. The largest absolute Gasteiger partial charge is 0.365 e. The number of aromatic amines is 1.